The molecule has 9 heteroatoms. The zero-order valence-corrected chi connectivity index (χ0v) is 16.9. The molecule has 1 spiro atoms. The molecule has 1 N–H and O–H groups in total. The van der Waals surface area contributed by atoms with Crippen LogP contribution in [0.25, 0.3) is 0 Å². The molecule has 3 heterocycles. The van der Waals surface area contributed by atoms with Crippen molar-refractivity contribution >= 4 is 23.8 Å². The third-order valence-corrected chi connectivity index (χ3v) is 5.91. The first-order valence-corrected chi connectivity index (χ1v) is 10.2. The van der Waals surface area contributed by atoms with Crippen LogP contribution in [0.2, 0.25) is 0 Å². The molecule has 3 aliphatic rings. The molecule has 0 bridgehead atoms. The van der Waals surface area contributed by atoms with Gasteiger partial charge in [0.25, 0.3) is 11.8 Å². The SMILES string of the molecule is C[C@@H]1CCCN(C(=O)COC(=O)CN2C(=O)N[C@@]3(CCOc4ccccc43)C2=O)C1. The largest absolute Gasteiger partial charge is 0.493 e. The second kappa shape index (κ2) is 7.97. The summed E-state index contributed by atoms with van der Waals surface area (Å²) in [5.74, 6) is -0.626. The molecular formula is C21H25N3O6. The monoisotopic (exact) mass is 415 g/mol. The van der Waals surface area contributed by atoms with Gasteiger partial charge in [0.1, 0.15) is 12.3 Å². The lowest BCUT2D eigenvalue weighted by Gasteiger charge is -2.33. The number of carbonyl (C=O) groups is 4. The summed E-state index contributed by atoms with van der Waals surface area (Å²) in [5, 5.41) is 2.73. The number of urea groups is 1. The Kier molecular flexibility index (Phi) is 5.36. The van der Waals surface area contributed by atoms with E-state index >= 15 is 0 Å². The molecule has 1 aromatic rings. The van der Waals surface area contributed by atoms with Crippen LogP contribution >= 0.6 is 0 Å². The van der Waals surface area contributed by atoms with E-state index in [0.717, 1.165) is 17.7 Å². The summed E-state index contributed by atoms with van der Waals surface area (Å²) < 4.78 is 10.7. The van der Waals surface area contributed by atoms with E-state index in [-0.39, 0.29) is 18.9 Å². The van der Waals surface area contributed by atoms with Crippen LogP contribution in [-0.2, 0) is 24.7 Å². The Balaban J connectivity index is 1.38. The summed E-state index contributed by atoms with van der Waals surface area (Å²) in [5.41, 5.74) is -0.675. The van der Waals surface area contributed by atoms with Crippen molar-refractivity contribution in [1.82, 2.24) is 15.1 Å². The molecule has 30 heavy (non-hydrogen) atoms. The molecule has 0 unspecified atom stereocenters. The molecule has 0 aliphatic carbocycles. The molecule has 160 valence electrons. The minimum atomic E-state index is -1.24. The first-order chi connectivity index (χ1) is 14.4. The third kappa shape index (κ3) is 3.59. The second-order valence-corrected chi connectivity index (χ2v) is 8.07. The molecule has 0 radical (unpaired) electrons. The fourth-order valence-electron chi connectivity index (χ4n) is 4.34. The maximum Gasteiger partial charge on any atom is 0.326 e. The Morgan fingerprint density at radius 2 is 2.10 bits per heavy atom. The zero-order chi connectivity index (χ0) is 21.3. The number of fused-ring (bicyclic) bond motifs is 2. The lowest BCUT2D eigenvalue weighted by atomic mass is 9.84. The molecule has 2 fully saturated rings. The molecule has 9 nitrogen and oxygen atoms in total. The van der Waals surface area contributed by atoms with Gasteiger partial charge in [-0.25, -0.2) is 4.79 Å². The molecule has 4 rings (SSSR count). The van der Waals surface area contributed by atoms with Gasteiger partial charge in [0.05, 0.1) is 6.61 Å². The normalized spacial score (nSPS) is 25.6. The number of carbonyl (C=O) groups excluding carboxylic acids is 4. The van der Waals surface area contributed by atoms with Crippen LogP contribution < -0.4 is 10.1 Å². The lowest BCUT2D eigenvalue weighted by molar-refractivity contribution is -0.154. The van der Waals surface area contributed by atoms with Gasteiger partial charge in [0.2, 0.25) is 0 Å². The minimum absolute atomic E-state index is 0.262. The average Bonchev–Trinajstić information content (AvgIpc) is 2.97. The summed E-state index contributed by atoms with van der Waals surface area (Å²) in [6, 6.07) is 6.35. The van der Waals surface area contributed by atoms with Crippen LogP contribution in [0.3, 0.4) is 0 Å². The number of imide groups is 1. The molecule has 3 aliphatic heterocycles. The highest BCUT2D eigenvalue weighted by atomic mass is 16.5. The molecule has 0 aromatic heterocycles. The fourth-order valence-corrected chi connectivity index (χ4v) is 4.34. The van der Waals surface area contributed by atoms with Crippen molar-refractivity contribution in [3.63, 3.8) is 0 Å². The van der Waals surface area contributed by atoms with Gasteiger partial charge in [0.15, 0.2) is 12.1 Å². The van der Waals surface area contributed by atoms with Gasteiger partial charge in [-0.2, -0.15) is 0 Å². The summed E-state index contributed by atoms with van der Waals surface area (Å²) in [7, 11) is 0. The Hall–Kier alpha value is -3.10. The zero-order valence-electron chi connectivity index (χ0n) is 16.9. The number of likely N-dealkylation sites (tertiary alicyclic amines) is 1. The smallest absolute Gasteiger partial charge is 0.326 e. The van der Waals surface area contributed by atoms with E-state index in [0.29, 0.717) is 30.3 Å². The van der Waals surface area contributed by atoms with E-state index in [1.165, 1.54) is 0 Å². The first kappa shape index (κ1) is 20.2. The van der Waals surface area contributed by atoms with E-state index in [4.69, 9.17) is 9.47 Å². The van der Waals surface area contributed by atoms with E-state index < -0.39 is 36.6 Å². The molecular weight excluding hydrogens is 390 g/mol. The Morgan fingerprint density at radius 3 is 2.90 bits per heavy atom. The van der Waals surface area contributed by atoms with Crippen molar-refractivity contribution in [2.24, 2.45) is 5.92 Å². The second-order valence-electron chi connectivity index (χ2n) is 8.07. The summed E-state index contributed by atoms with van der Waals surface area (Å²) in [6.45, 7) is 2.71. The highest BCUT2D eigenvalue weighted by Gasteiger charge is 2.55. The van der Waals surface area contributed by atoms with Crippen molar-refractivity contribution in [2.75, 3.05) is 32.8 Å². The number of para-hydroxylation sites is 1. The van der Waals surface area contributed by atoms with Crippen LogP contribution in [0.15, 0.2) is 24.3 Å². The highest BCUT2D eigenvalue weighted by molar-refractivity contribution is 6.09. The van der Waals surface area contributed by atoms with Gasteiger partial charge in [0, 0.05) is 25.1 Å². The maximum atomic E-state index is 13.1. The quantitative estimate of drug-likeness (QED) is 0.581. The standard InChI is InChI=1S/C21H25N3O6/c1-14-5-4-9-23(11-14)17(25)13-30-18(26)12-24-19(27)21(22-20(24)28)8-10-29-16-7-3-2-6-15(16)21/h2-3,6-7,14H,4-5,8-13H2,1H3,(H,22,28)/t14-,21-/m1/s1. The van der Waals surface area contributed by atoms with E-state index in [9.17, 15) is 19.2 Å². The molecule has 2 atom stereocenters. The molecule has 1 aromatic carbocycles. The number of esters is 1. The topological polar surface area (TPSA) is 105 Å². The van der Waals surface area contributed by atoms with Crippen LogP contribution in [0, 0.1) is 5.92 Å². The van der Waals surface area contributed by atoms with Crippen molar-refractivity contribution < 1.29 is 28.7 Å². The van der Waals surface area contributed by atoms with Gasteiger partial charge in [-0.15, -0.1) is 0 Å². The fraction of sp³-hybridized carbons (Fsp3) is 0.524. The van der Waals surface area contributed by atoms with Crippen LogP contribution in [0.5, 0.6) is 5.75 Å². The predicted octanol–water partition coefficient (Wildman–Crippen LogP) is 1.02. The number of ether oxygens (including phenoxy) is 2. The van der Waals surface area contributed by atoms with E-state index in [1.807, 2.05) is 0 Å². The maximum absolute atomic E-state index is 13.1. The van der Waals surface area contributed by atoms with Gasteiger partial charge >= 0.3 is 12.0 Å². The van der Waals surface area contributed by atoms with Crippen molar-refractivity contribution in [3.05, 3.63) is 29.8 Å². The Morgan fingerprint density at radius 1 is 1.30 bits per heavy atom. The third-order valence-electron chi connectivity index (χ3n) is 5.91. The van der Waals surface area contributed by atoms with Crippen molar-refractivity contribution in [2.45, 2.75) is 31.7 Å². The predicted molar refractivity (Wildman–Crippen MR) is 104 cm³/mol. The molecule has 0 saturated carbocycles. The number of nitrogens with one attached hydrogen (secondary N) is 1. The van der Waals surface area contributed by atoms with E-state index in [1.54, 1.807) is 29.2 Å². The van der Waals surface area contributed by atoms with Gasteiger partial charge in [-0.05, 0) is 24.8 Å². The van der Waals surface area contributed by atoms with Gasteiger partial charge < -0.3 is 19.7 Å². The number of rotatable bonds is 4. The molecule has 2 saturated heterocycles. The number of amides is 4. The van der Waals surface area contributed by atoms with Gasteiger partial charge in [-0.1, -0.05) is 25.1 Å². The summed E-state index contributed by atoms with van der Waals surface area (Å²) >= 11 is 0. The number of piperidine rings is 1. The van der Waals surface area contributed by atoms with Crippen LogP contribution in [0.1, 0.15) is 31.7 Å². The number of hydrogen-bond acceptors (Lipinski definition) is 6. The van der Waals surface area contributed by atoms with Crippen LogP contribution in [0.4, 0.5) is 4.79 Å². The molecule has 4 amide bonds. The number of nitrogens with zero attached hydrogens (tertiary/aromatic N) is 2. The van der Waals surface area contributed by atoms with E-state index in [2.05, 4.69) is 12.2 Å². The summed E-state index contributed by atoms with van der Waals surface area (Å²) in [6.07, 6.45) is 2.27. The van der Waals surface area contributed by atoms with Gasteiger partial charge in [-0.3, -0.25) is 19.3 Å². The number of hydrogen-bond donors (Lipinski definition) is 1. The van der Waals surface area contributed by atoms with Crippen molar-refractivity contribution in [3.8, 4) is 5.75 Å². The first-order valence-electron chi connectivity index (χ1n) is 10.2. The average molecular weight is 415 g/mol. The lowest BCUT2D eigenvalue weighted by Crippen LogP contribution is -2.48. The van der Waals surface area contributed by atoms with Crippen LogP contribution in [-0.4, -0.2) is 66.5 Å². The number of benzene rings is 1. The highest BCUT2D eigenvalue weighted by Crippen LogP contribution is 2.40. The van der Waals surface area contributed by atoms with Crippen molar-refractivity contribution in [1.29, 1.82) is 0 Å². The Labute approximate surface area is 174 Å². The summed E-state index contributed by atoms with van der Waals surface area (Å²) in [4.78, 5) is 52.7. The Bertz CT molecular complexity index is 887. The minimum Gasteiger partial charge on any atom is -0.493 e.